The first-order valence-electron chi connectivity index (χ1n) is 18.0. The van der Waals surface area contributed by atoms with Gasteiger partial charge in [-0.3, -0.25) is 0 Å². The van der Waals surface area contributed by atoms with Crippen molar-refractivity contribution < 1.29 is 9.47 Å². The fraction of sp³-hybridized carbons (Fsp3) is 0.0612. The molecule has 0 bridgehead atoms. The van der Waals surface area contributed by atoms with Crippen molar-refractivity contribution in [3.8, 4) is 39.8 Å². The molecular formula is C49H33NO2. The van der Waals surface area contributed by atoms with Gasteiger partial charge in [0, 0.05) is 44.6 Å². The molecule has 0 N–H and O–H groups in total. The van der Waals surface area contributed by atoms with Gasteiger partial charge in [0.1, 0.15) is 23.0 Å². The fourth-order valence-corrected chi connectivity index (χ4v) is 8.93. The van der Waals surface area contributed by atoms with Gasteiger partial charge in [-0.15, -0.1) is 0 Å². The summed E-state index contributed by atoms with van der Waals surface area (Å²) in [5.41, 5.74) is 10.9. The van der Waals surface area contributed by atoms with Crippen LogP contribution in [0.25, 0.3) is 38.6 Å². The molecule has 7 aromatic carbocycles. The Balaban J connectivity index is 1.12. The minimum atomic E-state index is -0.624. The number of fused-ring (bicyclic) bond motifs is 11. The lowest BCUT2D eigenvalue weighted by Gasteiger charge is -2.45. The molecule has 2 unspecified atom stereocenters. The molecule has 1 aromatic heterocycles. The van der Waals surface area contributed by atoms with E-state index in [1.165, 1.54) is 27.4 Å². The predicted molar refractivity (Wildman–Crippen MR) is 210 cm³/mol. The molecule has 0 saturated carbocycles. The largest absolute Gasteiger partial charge is 0.457 e. The van der Waals surface area contributed by atoms with E-state index >= 15 is 0 Å². The van der Waals surface area contributed by atoms with Gasteiger partial charge in [-0.25, -0.2) is 0 Å². The second-order valence-corrected chi connectivity index (χ2v) is 14.0. The lowest BCUT2D eigenvalue weighted by atomic mass is 9.62. The SMILES string of the molecule is C1=CCC(c2ccc3c(c2)Oc2ccccc2C32c3ccccc3Oc3cc(-c4ccc5c(c4)c4ccccc4n5-c4ccccc4)ccc32)C=C1. The highest BCUT2D eigenvalue weighted by Gasteiger charge is 2.50. The average Bonchev–Trinajstić information content (AvgIpc) is 3.55. The van der Waals surface area contributed by atoms with Gasteiger partial charge in [0.2, 0.25) is 0 Å². The van der Waals surface area contributed by atoms with E-state index in [0.29, 0.717) is 5.92 Å². The summed E-state index contributed by atoms with van der Waals surface area (Å²) in [6.45, 7) is 0. The molecule has 3 heterocycles. The smallest absolute Gasteiger partial charge is 0.132 e. The highest BCUT2D eigenvalue weighted by molar-refractivity contribution is 6.10. The number of rotatable bonds is 3. The molecule has 52 heavy (non-hydrogen) atoms. The van der Waals surface area contributed by atoms with Gasteiger partial charge in [0.15, 0.2) is 0 Å². The zero-order valence-corrected chi connectivity index (χ0v) is 28.4. The molecule has 3 heteroatoms. The number of para-hydroxylation sites is 4. The molecule has 3 nitrogen and oxygen atoms in total. The lowest BCUT2D eigenvalue weighted by molar-refractivity contribution is 0.399. The molecule has 1 spiro atoms. The zero-order chi connectivity index (χ0) is 34.2. The maximum atomic E-state index is 6.87. The summed E-state index contributed by atoms with van der Waals surface area (Å²) in [5, 5.41) is 2.46. The summed E-state index contributed by atoms with van der Waals surface area (Å²) in [5.74, 6) is 3.81. The second kappa shape index (κ2) is 11.2. The van der Waals surface area contributed by atoms with Gasteiger partial charge in [-0.1, -0.05) is 127 Å². The monoisotopic (exact) mass is 667 g/mol. The molecular weight excluding hydrogens is 635 g/mol. The first-order valence-corrected chi connectivity index (χ1v) is 18.0. The predicted octanol–water partition coefficient (Wildman–Crippen LogP) is 12.6. The molecule has 11 rings (SSSR count). The Bertz CT molecular complexity index is 2770. The number of ether oxygens (including phenoxy) is 2. The van der Waals surface area contributed by atoms with Crippen LogP contribution in [0.4, 0.5) is 0 Å². The summed E-state index contributed by atoms with van der Waals surface area (Å²) in [4.78, 5) is 0. The van der Waals surface area contributed by atoms with Crippen molar-refractivity contribution >= 4 is 21.8 Å². The van der Waals surface area contributed by atoms with Crippen LogP contribution in [-0.4, -0.2) is 4.57 Å². The molecule has 0 amide bonds. The van der Waals surface area contributed by atoms with E-state index in [-0.39, 0.29) is 0 Å². The summed E-state index contributed by atoms with van der Waals surface area (Å²) >= 11 is 0. The van der Waals surface area contributed by atoms with Crippen LogP contribution in [0.5, 0.6) is 23.0 Å². The minimum Gasteiger partial charge on any atom is -0.457 e. The third-order valence-corrected chi connectivity index (χ3v) is 11.2. The molecule has 0 fully saturated rings. The summed E-state index contributed by atoms with van der Waals surface area (Å²) in [6, 6.07) is 56.8. The maximum Gasteiger partial charge on any atom is 0.132 e. The van der Waals surface area contributed by atoms with E-state index in [0.717, 1.165) is 68.5 Å². The van der Waals surface area contributed by atoms with Gasteiger partial charge in [-0.2, -0.15) is 0 Å². The van der Waals surface area contributed by atoms with Crippen molar-refractivity contribution in [2.24, 2.45) is 0 Å². The van der Waals surface area contributed by atoms with E-state index < -0.39 is 5.41 Å². The number of hydrogen-bond acceptors (Lipinski definition) is 2. The van der Waals surface area contributed by atoms with Crippen LogP contribution in [0, 0.1) is 0 Å². The van der Waals surface area contributed by atoms with Crippen LogP contribution >= 0.6 is 0 Å². The van der Waals surface area contributed by atoms with E-state index in [4.69, 9.17) is 9.47 Å². The topological polar surface area (TPSA) is 23.4 Å². The van der Waals surface area contributed by atoms with Gasteiger partial charge in [0.25, 0.3) is 0 Å². The quantitative estimate of drug-likeness (QED) is 0.187. The number of nitrogens with zero attached hydrogens (tertiary/aromatic N) is 1. The standard InChI is InChI=1S/C49H33NO2/c1-3-13-32(14-4-1)34-23-26-41-47(30-34)51-45-21-11-8-18-39(45)49(41)40-19-9-12-22-46(40)52-48-31-35(24-27-42(48)49)33-25-28-44-38(29-33)37-17-7-10-20-43(37)50(44)36-15-5-2-6-16-36/h1-13,15-32H,14H2. The Morgan fingerprint density at radius 2 is 1.10 bits per heavy atom. The Kier molecular flexibility index (Phi) is 6.29. The molecule has 2 aliphatic heterocycles. The Hall–Kier alpha value is -6.58. The van der Waals surface area contributed by atoms with Crippen LogP contribution < -0.4 is 9.47 Å². The van der Waals surface area contributed by atoms with Gasteiger partial charge in [0.05, 0.1) is 16.4 Å². The third kappa shape index (κ3) is 4.14. The number of hydrogen-bond donors (Lipinski definition) is 0. The molecule has 0 saturated heterocycles. The summed E-state index contributed by atoms with van der Waals surface area (Å²) in [6.07, 6.45) is 9.78. The van der Waals surface area contributed by atoms with Crippen LogP contribution in [0.15, 0.2) is 182 Å². The van der Waals surface area contributed by atoms with Gasteiger partial charge in [-0.05, 0) is 77.7 Å². The molecule has 246 valence electrons. The molecule has 2 atom stereocenters. The number of aromatic nitrogens is 1. The van der Waals surface area contributed by atoms with Crippen LogP contribution in [0.3, 0.4) is 0 Å². The highest BCUT2D eigenvalue weighted by Crippen LogP contribution is 2.62. The fourth-order valence-electron chi connectivity index (χ4n) is 8.93. The van der Waals surface area contributed by atoms with Crippen molar-refractivity contribution in [3.63, 3.8) is 0 Å². The third-order valence-electron chi connectivity index (χ3n) is 11.2. The van der Waals surface area contributed by atoms with Crippen molar-refractivity contribution in [3.05, 3.63) is 210 Å². The molecule has 0 radical (unpaired) electrons. The zero-order valence-electron chi connectivity index (χ0n) is 28.4. The van der Waals surface area contributed by atoms with E-state index in [1.807, 2.05) is 0 Å². The van der Waals surface area contributed by atoms with E-state index in [2.05, 4.69) is 187 Å². The van der Waals surface area contributed by atoms with Crippen molar-refractivity contribution in [1.82, 2.24) is 4.57 Å². The highest BCUT2D eigenvalue weighted by atomic mass is 16.5. The lowest BCUT2D eigenvalue weighted by Crippen LogP contribution is -2.36. The first-order chi connectivity index (χ1) is 25.8. The van der Waals surface area contributed by atoms with Gasteiger partial charge < -0.3 is 14.0 Å². The normalized spacial score (nSPS) is 18.0. The Morgan fingerprint density at radius 1 is 0.481 bits per heavy atom. The second-order valence-electron chi connectivity index (χ2n) is 14.0. The minimum absolute atomic E-state index is 0.322. The van der Waals surface area contributed by atoms with E-state index in [9.17, 15) is 0 Å². The number of benzene rings is 7. The Labute approximate surface area is 302 Å². The van der Waals surface area contributed by atoms with Crippen molar-refractivity contribution in [2.45, 2.75) is 17.8 Å². The first kappa shape index (κ1) is 29.2. The molecule has 8 aromatic rings. The van der Waals surface area contributed by atoms with Crippen molar-refractivity contribution in [2.75, 3.05) is 0 Å². The average molecular weight is 668 g/mol. The van der Waals surface area contributed by atoms with Gasteiger partial charge >= 0.3 is 0 Å². The maximum absolute atomic E-state index is 6.87. The van der Waals surface area contributed by atoms with E-state index in [1.54, 1.807) is 0 Å². The Morgan fingerprint density at radius 3 is 1.87 bits per heavy atom. The van der Waals surface area contributed by atoms with Crippen molar-refractivity contribution in [1.29, 1.82) is 0 Å². The summed E-state index contributed by atoms with van der Waals surface area (Å²) in [7, 11) is 0. The molecule has 3 aliphatic rings. The van der Waals surface area contributed by atoms with Crippen LogP contribution in [0.1, 0.15) is 40.2 Å². The molecule has 1 aliphatic carbocycles. The van der Waals surface area contributed by atoms with Crippen LogP contribution in [-0.2, 0) is 5.41 Å². The number of allylic oxidation sites excluding steroid dienone is 4. The summed E-state index contributed by atoms with van der Waals surface area (Å²) < 4.78 is 16.0. The van der Waals surface area contributed by atoms with Crippen LogP contribution in [0.2, 0.25) is 0 Å².